The van der Waals surface area contributed by atoms with Gasteiger partial charge in [0.05, 0.1) is 12.1 Å². The highest BCUT2D eigenvalue weighted by Gasteiger charge is 2.20. The van der Waals surface area contributed by atoms with Gasteiger partial charge in [-0.2, -0.15) is 0 Å². The summed E-state index contributed by atoms with van der Waals surface area (Å²) in [4.78, 5) is 8.39. The lowest BCUT2D eigenvalue weighted by Gasteiger charge is -2.26. The van der Waals surface area contributed by atoms with Crippen LogP contribution < -0.4 is 10.6 Å². The van der Waals surface area contributed by atoms with E-state index in [-0.39, 0.29) is 5.54 Å². The predicted octanol–water partition coefficient (Wildman–Crippen LogP) is 2.51. The molecule has 0 aliphatic heterocycles. The summed E-state index contributed by atoms with van der Waals surface area (Å²) in [5.41, 5.74) is -0.185. The second-order valence-electron chi connectivity index (χ2n) is 4.36. The molecule has 1 aromatic heterocycles. The quantitative estimate of drug-likeness (QED) is 0.845. The van der Waals surface area contributed by atoms with Crippen molar-refractivity contribution in [2.24, 2.45) is 0 Å². The van der Waals surface area contributed by atoms with Crippen LogP contribution in [0.4, 0.5) is 11.6 Å². The van der Waals surface area contributed by atoms with Crippen LogP contribution in [-0.2, 0) is 4.74 Å². The van der Waals surface area contributed by atoms with E-state index in [1.807, 2.05) is 6.92 Å². The maximum absolute atomic E-state index is 5.16. The van der Waals surface area contributed by atoms with Crippen LogP contribution in [0.5, 0.6) is 0 Å². The lowest BCUT2D eigenvalue weighted by Crippen LogP contribution is -2.36. The zero-order chi connectivity index (χ0) is 12.9. The molecule has 1 heterocycles. The molecular weight excluding hydrogens is 284 g/mol. The fraction of sp³-hybridized carbons (Fsp3) is 0.636. The molecule has 0 unspecified atom stereocenters. The minimum atomic E-state index is -0.185. The number of hydrogen-bond donors (Lipinski definition) is 2. The van der Waals surface area contributed by atoms with Crippen LogP contribution in [0.1, 0.15) is 20.8 Å². The monoisotopic (exact) mass is 302 g/mol. The molecule has 1 rings (SSSR count). The topological polar surface area (TPSA) is 59.1 Å². The SMILES string of the molecule is CCNc1ncnc(NC(C)(C)COC)c1Br. The second kappa shape index (κ2) is 6.16. The molecule has 0 saturated heterocycles. The van der Waals surface area contributed by atoms with Gasteiger partial charge in [-0.3, -0.25) is 0 Å². The number of anilines is 2. The Balaban J connectivity index is 2.87. The highest BCUT2D eigenvalue weighted by Crippen LogP contribution is 2.28. The summed E-state index contributed by atoms with van der Waals surface area (Å²) in [5, 5.41) is 6.49. The second-order valence-corrected chi connectivity index (χ2v) is 5.15. The van der Waals surface area contributed by atoms with E-state index >= 15 is 0 Å². The van der Waals surface area contributed by atoms with Crippen LogP contribution in [0.15, 0.2) is 10.8 Å². The zero-order valence-corrected chi connectivity index (χ0v) is 12.3. The van der Waals surface area contributed by atoms with Gasteiger partial charge in [-0.15, -0.1) is 0 Å². The lowest BCUT2D eigenvalue weighted by molar-refractivity contribution is 0.158. The number of nitrogens with one attached hydrogen (secondary N) is 2. The Hall–Kier alpha value is -0.880. The molecule has 0 fully saturated rings. The van der Waals surface area contributed by atoms with E-state index in [4.69, 9.17) is 4.74 Å². The van der Waals surface area contributed by atoms with Crippen molar-refractivity contribution in [2.75, 3.05) is 30.9 Å². The molecule has 0 aliphatic rings. The summed E-state index contributed by atoms with van der Waals surface area (Å²) >= 11 is 3.50. The number of methoxy groups -OCH3 is 1. The van der Waals surface area contributed by atoms with Crippen LogP contribution in [0.3, 0.4) is 0 Å². The van der Waals surface area contributed by atoms with Gasteiger partial charge in [0.1, 0.15) is 22.4 Å². The zero-order valence-electron chi connectivity index (χ0n) is 10.7. The number of nitrogens with zero attached hydrogens (tertiary/aromatic N) is 2. The molecule has 0 aromatic carbocycles. The molecule has 5 nitrogen and oxygen atoms in total. The Labute approximate surface area is 111 Å². The summed E-state index contributed by atoms with van der Waals surface area (Å²) in [6, 6.07) is 0. The number of hydrogen-bond acceptors (Lipinski definition) is 5. The van der Waals surface area contributed by atoms with Crippen molar-refractivity contribution in [2.45, 2.75) is 26.3 Å². The Kier molecular flexibility index (Phi) is 5.14. The summed E-state index contributed by atoms with van der Waals surface area (Å²) < 4.78 is 6.00. The van der Waals surface area contributed by atoms with E-state index in [2.05, 4.69) is 50.4 Å². The van der Waals surface area contributed by atoms with E-state index in [1.165, 1.54) is 6.33 Å². The standard InChI is InChI=1S/C11H19BrN4O/c1-5-13-9-8(12)10(15-7-14-9)16-11(2,3)6-17-4/h7H,5-6H2,1-4H3,(H2,13,14,15,16). The van der Waals surface area contributed by atoms with Crippen LogP contribution in [0, 0.1) is 0 Å². The first-order valence-corrected chi connectivity index (χ1v) is 6.31. The molecule has 96 valence electrons. The number of halogens is 1. The average molecular weight is 303 g/mol. The van der Waals surface area contributed by atoms with Crippen molar-refractivity contribution < 1.29 is 4.74 Å². The van der Waals surface area contributed by atoms with Crippen LogP contribution in [0.2, 0.25) is 0 Å². The smallest absolute Gasteiger partial charge is 0.146 e. The molecule has 0 aliphatic carbocycles. The molecule has 6 heteroatoms. The van der Waals surface area contributed by atoms with E-state index < -0.39 is 0 Å². The van der Waals surface area contributed by atoms with Gasteiger partial charge in [0.2, 0.25) is 0 Å². The number of ether oxygens (including phenoxy) is 1. The third kappa shape index (κ3) is 4.12. The number of aromatic nitrogens is 2. The van der Waals surface area contributed by atoms with Crippen LogP contribution in [0.25, 0.3) is 0 Å². The van der Waals surface area contributed by atoms with Gasteiger partial charge >= 0.3 is 0 Å². The Morgan fingerprint density at radius 1 is 1.35 bits per heavy atom. The van der Waals surface area contributed by atoms with Crippen molar-refractivity contribution in [3.8, 4) is 0 Å². The van der Waals surface area contributed by atoms with Gasteiger partial charge in [0, 0.05) is 13.7 Å². The van der Waals surface area contributed by atoms with E-state index in [9.17, 15) is 0 Å². The van der Waals surface area contributed by atoms with Crippen LogP contribution in [-0.4, -0.2) is 35.8 Å². The summed E-state index contributed by atoms with van der Waals surface area (Å²) in [7, 11) is 1.68. The molecule has 2 N–H and O–H groups in total. The Bertz CT molecular complexity index is 370. The average Bonchev–Trinajstić information content (AvgIpc) is 2.24. The van der Waals surface area contributed by atoms with Gasteiger partial charge in [0.25, 0.3) is 0 Å². The fourth-order valence-electron chi connectivity index (χ4n) is 1.47. The molecule has 17 heavy (non-hydrogen) atoms. The maximum Gasteiger partial charge on any atom is 0.146 e. The van der Waals surface area contributed by atoms with Crippen molar-refractivity contribution in [1.82, 2.24) is 9.97 Å². The Morgan fingerprint density at radius 3 is 2.59 bits per heavy atom. The van der Waals surface area contributed by atoms with Gasteiger partial charge < -0.3 is 15.4 Å². The molecule has 0 bridgehead atoms. The van der Waals surface area contributed by atoms with Gasteiger partial charge in [-0.25, -0.2) is 9.97 Å². The number of rotatable bonds is 6. The van der Waals surface area contributed by atoms with Gasteiger partial charge in [-0.05, 0) is 36.7 Å². The van der Waals surface area contributed by atoms with Crippen molar-refractivity contribution in [3.05, 3.63) is 10.8 Å². The summed E-state index contributed by atoms with van der Waals surface area (Å²) in [6.45, 7) is 7.54. The normalized spacial score (nSPS) is 11.4. The predicted molar refractivity (Wildman–Crippen MR) is 73.5 cm³/mol. The largest absolute Gasteiger partial charge is 0.382 e. The first kappa shape index (κ1) is 14.2. The van der Waals surface area contributed by atoms with Crippen LogP contribution >= 0.6 is 15.9 Å². The van der Waals surface area contributed by atoms with Crippen molar-refractivity contribution in [3.63, 3.8) is 0 Å². The first-order valence-electron chi connectivity index (χ1n) is 5.51. The summed E-state index contributed by atoms with van der Waals surface area (Å²) in [6.07, 6.45) is 1.54. The minimum Gasteiger partial charge on any atom is -0.382 e. The molecule has 0 amide bonds. The third-order valence-electron chi connectivity index (χ3n) is 2.10. The molecule has 0 radical (unpaired) electrons. The minimum absolute atomic E-state index is 0.185. The first-order chi connectivity index (χ1) is 8.00. The Morgan fingerprint density at radius 2 is 2.00 bits per heavy atom. The molecular formula is C11H19BrN4O. The molecule has 0 atom stereocenters. The van der Waals surface area contributed by atoms with Crippen molar-refractivity contribution >= 4 is 27.6 Å². The van der Waals surface area contributed by atoms with E-state index in [0.29, 0.717) is 6.61 Å². The fourth-order valence-corrected chi connectivity index (χ4v) is 1.91. The maximum atomic E-state index is 5.16. The molecule has 0 spiro atoms. The third-order valence-corrected chi connectivity index (χ3v) is 2.85. The lowest BCUT2D eigenvalue weighted by atomic mass is 10.1. The highest BCUT2D eigenvalue weighted by molar-refractivity contribution is 9.10. The van der Waals surface area contributed by atoms with E-state index in [0.717, 1.165) is 22.7 Å². The highest BCUT2D eigenvalue weighted by atomic mass is 79.9. The molecule has 0 saturated carbocycles. The van der Waals surface area contributed by atoms with E-state index in [1.54, 1.807) is 7.11 Å². The molecule has 1 aromatic rings. The van der Waals surface area contributed by atoms with Gasteiger partial charge in [-0.1, -0.05) is 0 Å². The summed E-state index contributed by atoms with van der Waals surface area (Å²) in [5.74, 6) is 1.55. The van der Waals surface area contributed by atoms with Gasteiger partial charge in [0.15, 0.2) is 0 Å². The van der Waals surface area contributed by atoms with Crippen molar-refractivity contribution in [1.29, 1.82) is 0 Å².